The maximum atomic E-state index is 13.5. The van der Waals surface area contributed by atoms with Gasteiger partial charge in [-0.25, -0.2) is 4.39 Å². The normalized spacial score (nSPS) is 12.8. The van der Waals surface area contributed by atoms with E-state index in [4.69, 9.17) is 0 Å². The summed E-state index contributed by atoms with van der Waals surface area (Å²) in [7, 11) is 0. The number of hydrogen-bond donors (Lipinski definition) is 1. The van der Waals surface area contributed by atoms with Crippen LogP contribution in [0.4, 0.5) is 4.39 Å². The number of hydrogen-bond acceptors (Lipinski definition) is 2. The molecule has 1 N–H and O–H groups in total. The molecule has 0 amide bonds. The first-order valence-corrected chi connectivity index (χ1v) is 6.24. The van der Waals surface area contributed by atoms with E-state index in [-0.39, 0.29) is 5.82 Å². The number of unbranched alkanes of at least 4 members (excludes halogenated alkanes) is 1. The number of aliphatic hydroxyl groups excluding tert-OH is 1. The highest BCUT2D eigenvalue weighted by molar-refractivity contribution is 7.99. The Labute approximate surface area is 94.7 Å². The summed E-state index contributed by atoms with van der Waals surface area (Å²) in [5, 5.41) is 9.51. The SMILES string of the molecule is CCCCSc1c(F)cccc1[C@@H](C)O. The lowest BCUT2D eigenvalue weighted by Crippen LogP contribution is -1.97. The number of aliphatic hydroxyl groups is 1. The van der Waals surface area contributed by atoms with Crippen LogP contribution < -0.4 is 0 Å². The summed E-state index contributed by atoms with van der Waals surface area (Å²) in [5.41, 5.74) is 0.691. The summed E-state index contributed by atoms with van der Waals surface area (Å²) < 4.78 is 13.5. The molecule has 1 nitrogen and oxygen atoms in total. The summed E-state index contributed by atoms with van der Waals surface area (Å²) in [6, 6.07) is 4.86. The molecule has 0 aromatic heterocycles. The van der Waals surface area contributed by atoms with Crippen molar-refractivity contribution in [1.82, 2.24) is 0 Å². The molecule has 84 valence electrons. The summed E-state index contributed by atoms with van der Waals surface area (Å²) >= 11 is 1.49. The number of benzene rings is 1. The molecule has 0 saturated carbocycles. The van der Waals surface area contributed by atoms with Crippen molar-refractivity contribution in [3.05, 3.63) is 29.6 Å². The second-order valence-corrected chi connectivity index (χ2v) is 4.64. The van der Waals surface area contributed by atoms with Crippen LogP contribution in [0.25, 0.3) is 0 Å². The number of rotatable bonds is 5. The quantitative estimate of drug-likeness (QED) is 0.611. The molecule has 1 aromatic rings. The fourth-order valence-electron chi connectivity index (χ4n) is 1.33. The molecule has 0 aliphatic heterocycles. The molecular weight excluding hydrogens is 211 g/mol. The summed E-state index contributed by atoms with van der Waals surface area (Å²) in [6.07, 6.45) is 1.56. The number of halogens is 1. The van der Waals surface area contributed by atoms with E-state index in [1.807, 2.05) is 0 Å². The molecule has 1 atom stereocenters. The lowest BCUT2D eigenvalue weighted by Gasteiger charge is -2.12. The summed E-state index contributed by atoms with van der Waals surface area (Å²) in [5.74, 6) is 0.673. The molecule has 0 heterocycles. The summed E-state index contributed by atoms with van der Waals surface area (Å²) in [4.78, 5) is 0.598. The minimum atomic E-state index is -0.607. The Morgan fingerprint density at radius 1 is 1.47 bits per heavy atom. The Bertz CT molecular complexity index is 312. The molecular formula is C12H17FOS. The highest BCUT2D eigenvalue weighted by Crippen LogP contribution is 2.30. The second kappa shape index (κ2) is 6.13. The maximum absolute atomic E-state index is 13.5. The first-order chi connectivity index (χ1) is 7.16. The van der Waals surface area contributed by atoms with Gasteiger partial charge in [-0.1, -0.05) is 25.5 Å². The smallest absolute Gasteiger partial charge is 0.137 e. The third-order valence-corrected chi connectivity index (χ3v) is 3.40. The van der Waals surface area contributed by atoms with Crippen molar-refractivity contribution in [1.29, 1.82) is 0 Å². The van der Waals surface area contributed by atoms with E-state index in [0.717, 1.165) is 18.6 Å². The van der Waals surface area contributed by atoms with Crippen molar-refractivity contribution in [3.63, 3.8) is 0 Å². The standard InChI is InChI=1S/C12H17FOS/c1-3-4-8-15-12-10(9(2)14)6-5-7-11(12)13/h5-7,9,14H,3-4,8H2,1-2H3/t9-/m1/s1. The molecule has 0 aliphatic carbocycles. The van der Waals surface area contributed by atoms with Gasteiger partial charge in [-0.3, -0.25) is 0 Å². The highest BCUT2D eigenvalue weighted by atomic mass is 32.2. The van der Waals surface area contributed by atoms with Gasteiger partial charge in [0, 0.05) is 4.90 Å². The number of thioether (sulfide) groups is 1. The zero-order valence-electron chi connectivity index (χ0n) is 9.16. The first kappa shape index (κ1) is 12.5. The van der Waals surface area contributed by atoms with Crippen LogP contribution in [0.5, 0.6) is 0 Å². The molecule has 0 aliphatic rings. The van der Waals surface area contributed by atoms with Crippen LogP contribution in [0.15, 0.2) is 23.1 Å². The van der Waals surface area contributed by atoms with Crippen molar-refractivity contribution in [2.24, 2.45) is 0 Å². The predicted octanol–water partition coefficient (Wildman–Crippen LogP) is 3.77. The van der Waals surface area contributed by atoms with Crippen LogP contribution in [0.2, 0.25) is 0 Å². The second-order valence-electron chi connectivity index (χ2n) is 3.54. The van der Waals surface area contributed by atoms with Gasteiger partial charge in [-0.2, -0.15) is 0 Å². The van der Waals surface area contributed by atoms with E-state index in [1.54, 1.807) is 19.1 Å². The third-order valence-electron chi connectivity index (χ3n) is 2.19. The van der Waals surface area contributed by atoms with Crippen molar-refractivity contribution >= 4 is 11.8 Å². The Balaban J connectivity index is 2.82. The van der Waals surface area contributed by atoms with E-state index in [2.05, 4.69) is 6.92 Å². The van der Waals surface area contributed by atoms with Crippen LogP contribution in [0.1, 0.15) is 38.4 Å². The van der Waals surface area contributed by atoms with E-state index in [1.165, 1.54) is 17.8 Å². The van der Waals surface area contributed by atoms with Gasteiger partial charge in [0.15, 0.2) is 0 Å². The van der Waals surface area contributed by atoms with Crippen LogP contribution in [0.3, 0.4) is 0 Å². The van der Waals surface area contributed by atoms with Crippen molar-refractivity contribution in [2.75, 3.05) is 5.75 Å². The summed E-state index contributed by atoms with van der Waals surface area (Å²) in [6.45, 7) is 3.77. The monoisotopic (exact) mass is 228 g/mol. The molecule has 0 fully saturated rings. The van der Waals surface area contributed by atoms with Gasteiger partial charge in [-0.05, 0) is 30.7 Å². The predicted molar refractivity (Wildman–Crippen MR) is 62.7 cm³/mol. The Hall–Kier alpha value is -0.540. The molecule has 0 spiro atoms. The van der Waals surface area contributed by atoms with Gasteiger partial charge in [-0.15, -0.1) is 11.8 Å². The lowest BCUT2D eigenvalue weighted by atomic mass is 10.1. The minimum Gasteiger partial charge on any atom is -0.389 e. The van der Waals surface area contributed by atoms with E-state index < -0.39 is 6.10 Å². The molecule has 3 heteroatoms. The maximum Gasteiger partial charge on any atom is 0.137 e. The van der Waals surface area contributed by atoms with Crippen molar-refractivity contribution in [3.8, 4) is 0 Å². The van der Waals surface area contributed by atoms with E-state index in [9.17, 15) is 9.50 Å². The fraction of sp³-hybridized carbons (Fsp3) is 0.500. The Morgan fingerprint density at radius 2 is 2.20 bits per heavy atom. The third kappa shape index (κ3) is 3.50. The largest absolute Gasteiger partial charge is 0.389 e. The van der Waals surface area contributed by atoms with Crippen molar-refractivity contribution < 1.29 is 9.50 Å². The van der Waals surface area contributed by atoms with Gasteiger partial charge in [0.1, 0.15) is 5.82 Å². The van der Waals surface area contributed by atoms with Gasteiger partial charge in [0.25, 0.3) is 0 Å². The van der Waals surface area contributed by atoms with Crippen LogP contribution >= 0.6 is 11.8 Å². The fourth-order valence-corrected chi connectivity index (χ4v) is 2.57. The first-order valence-electron chi connectivity index (χ1n) is 5.26. The topological polar surface area (TPSA) is 20.2 Å². The molecule has 0 radical (unpaired) electrons. The van der Waals surface area contributed by atoms with Gasteiger partial charge >= 0.3 is 0 Å². The van der Waals surface area contributed by atoms with Crippen LogP contribution in [0, 0.1) is 5.82 Å². The zero-order valence-corrected chi connectivity index (χ0v) is 9.98. The molecule has 1 rings (SSSR count). The van der Waals surface area contributed by atoms with Gasteiger partial charge in [0.2, 0.25) is 0 Å². The van der Waals surface area contributed by atoms with E-state index >= 15 is 0 Å². The Kier molecular flexibility index (Phi) is 5.12. The molecule has 1 aromatic carbocycles. The average molecular weight is 228 g/mol. The van der Waals surface area contributed by atoms with E-state index in [0.29, 0.717) is 10.5 Å². The lowest BCUT2D eigenvalue weighted by molar-refractivity contribution is 0.195. The zero-order chi connectivity index (χ0) is 11.3. The van der Waals surface area contributed by atoms with Gasteiger partial charge < -0.3 is 5.11 Å². The van der Waals surface area contributed by atoms with Crippen LogP contribution in [-0.2, 0) is 0 Å². The molecule has 15 heavy (non-hydrogen) atoms. The molecule has 0 unspecified atom stereocenters. The Morgan fingerprint density at radius 3 is 2.80 bits per heavy atom. The van der Waals surface area contributed by atoms with Crippen LogP contribution in [-0.4, -0.2) is 10.9 Å². The average Bonchev–Trinajstić information content (AvgIpc) is 2.20. The molecule has 0 bridgehead atoms. The molecule has 0 saturated heterocycles. The highest BCUT2D eigenvalue weighted by Gasteiger charge is 2.12. The van der Waals surface area contributed by atoms with Gasteiger partial charge in [0.05, 0.1) is 6.10 Å². The van der Waals surface area contributed by atoms with Crippen molar-refractivity contribution in [2.45, 2.75) is 37.7 Å². The minimum absolute atomic E-state index is 0.227.